The first-order valence-electron chi connectivity index (χ1n) is 10.7. The number of tetrazole rings is 1. The Kier molecular flexibility index (Phi) is 4.07. The molecule has 4 saturated carbocycles. The van der Waals surface area contributed by atoms with Crippen LogP contribution in [0, 0.1) is 17.3 Å². The molecule has 1 aromatic carbocycles. The Labute approximate surface area is 166 Å². The Balaban J connectivity index is 1.39. The van der Waals surface area contributed by atoms with Crippen LogP contribution >= 0.6 is 0 Å². The summed E-state index contributed by atoms with van der Waals surface area (Å²) in [7, 11) is 0. The van der Waals surface area contributed by atoms with Gasteiger partial charge in [-0.05, 0) is 85.6 Å². The number of amides is 1. The van der Waals surface area contributed by atoms with Crippen LogP contribution in [-0.2, 0) is 10.3 Å². The molecule has 6 heteroatoms. The van der Waals surface area contributed by atoms with Crippen LogP contribution in [0.2, 0.25) is 0 Å². The van der Waals surface area contributed by atoms with Gasteiger partial charge in [0.2, 0.25) is 5.91 Å². The highest BCUT2D eigenvalue weighted by molar-refractivity contribution is 5.95. The first-order chi connectivity index (χ1) is 13.5. The molecular formula is C22H29N5O. The van der Waals surface area contributed by atoms with Crippen molar-refractivity contribution < 1.29 is 4.79 Å². The number of hydrogen-bond acceptors (Lipinski definition) is 4. The SMILES string of the molecule is CC[C@@H](C)c1ccc(NC(=O)C23C[C@@H]4C[C@@H](C2)CC(n2ncnn2)(C4)C3)cc1. The third-order valence-electron chi connectivity index (χ3n) is 7.64. The molecule has 1 amide bonds. The van der Waals surface area contributed by atoms with E-state index in [1.165, 1.54) is 18.3 Å². The lowest BCUT2D eigenvalue weighted by atomic mass is 9.46. The van der Waals surface area contributed by atoms with E-state index in [1.807, 2.05) is 4.80 Å². The average molecular weight is 380 g/mol. The van der Waals surface area contributed by atoms with E-state index in [0.29, 0.717) is 17.8 Å². The summed E-state index contributed by atoms with van der Waals surface area (Å²) in [6, 6.07) is 8.39. The number of nitrogens with one attached hydrogen (secondary N) is 1. The number of hydrogen-bond donors (Lipinski definition) is 1. The Morgan fingerprint density at radius 1 is 1.21 bits per heavy atom. The van der Waals surface area contributed by atoms with E-state index in [0.717, 1.165) is 44.2 Å². The minimum atomic E-state index is -0.299. The van der Waals surface area contributed by atoms with Gasteiger partial charge in [-0.2, -0.15) is 4.80 Å². The number of rotatable bonds is 5. The van der Waals surface area contributed by atoms with Gasteiger partial charge in [0.1, 0.15) is 0 Å². The van der Waals surface area contributed by atoms with Crippen LogP contribution in [0.25, 0.3) is 0 Å². The molecule has 4 bridgehead atoms. The molecule has 148 valence electrons. The molecule has 1 heterocycles. The molecule has 6 rings (SSSR count). The first-order valence-corrected chi connectivity index (χ1v) is 10.7. The van der Waals surface area contributed by atoms with Gasteiger partial charge in [-0.15, -0.1) is 10.2 Å². The van der Waals surface area contributed by atoms with E-state index in [-0.39, 0.29) is 16.9 Å². The Hall–Kier alpha value is -2.24. The van der Waals surface area contributed by atoms with Crippen LogP contribution in [0.4, 0.5) is 5.69 Å². The number of carbonyl (C=O) groups excluding carboxylic acids is 1. The summed E-state index contributed by atoms with van der Waals surface area (Å²) in [4.78, 5) is 15.3. The van der Waals surface area contributed by atoms with Crippen molar-refractivity contribution in [1.82, 2.24) is 20.2 Å². The molecule has 3 atom stereocenters. The molecular weight excluding hydrogens is 350 g/mol. The Bertz CT molecular complexity index is 846. The molecule has 1 N–H and O–H groups in total. The van der Waals surface area contributed by atoms with E-state index in [1.54, 1.807) is 0 Å². The van der Waals surface area contributed by atoms with E-state index in [2.05, 4.69) is 58.8 Å². The summed E-state index contributed by atoms with van der Waals surface area (Å²) in [6.07, 6.45) is 8.87. The lowest BCUT2D eigenvalue weighted by Gasteiger charge is -2.60. The smallest absolute Gasteiger partial charge is 0.230 e. The maximum Gasteiger partial charge on any atom is 0.230 e. The summed E-state index contributed by atoms with van der Waals surface area (Å²) in [5.74, 6) is 1.90. The number of anilines is 1. The molecule has 0 unspecified atom stereocenters. The summed E-state index contributed by atoms with van der Waals surface area (Å²) >= 11 is 0. The van der Waals surface area contributed by atoms with Crippen LogP contribution in [0.5, 0.6) is 0 Å². The highest BCUT2D eigenvalue weighted by atomic mass is 16.2. The summed E-state index contributed by atoms with van der Waals surface area (Å²) in [5.41, 5.74) is 1.80. The van der Waals surface area contributed by atoms with Gasteiger partial charge in [0, 0.05) is 5.69 Å². The zero-order valence-corrected chi connectivity index (χ0v) is 16.8. The fourth-order valence-corrected chi connectivity index (χ4v) is 6.49. The van der Waals surface area contributed by atoms with Crippen molar-refractivity contribution >= 4 is 11.6 Å². The third kappa shape index (κ3) is 2.76. The Morgan fingerprint density at radius 3 is 2.54 bits per heavy atom. The second kappa shape index (κ2) is 6.39. The van der Waals surface area contributed by atoms with Crippen molar-refractivity contribution in [2.24, 2.45) is 17.3 Å². The topological polar surface area (TPSA) is 72.7 Å². The molecule has 4 fully saturated rings. The second-order valence-corrected chi connectivity index (χ2v) is 9.58. The van der Waals surface area contributed by atoms with Gasteiger partial charge in [-0.1, -0.05) is 26.0 Å². The van der Waals surface area contributed by atoms with E-state index in [4.69, 9.17) is 0 Å². The van der Waals surface area contributed by atoms with Crippen molar-refractivity contribution in [1.29, 1.82) is 0 Å². The van der Waals surface area contributed by atoms with Gasteiger partial charge in [0.15, 0.2) is 6.33 Å². The van der Waals surface area contributed by atoms with Crippen molar-refractivity contribution in [3.8, 4) is 0 Å². The minimum absolute atomic E-state index is 0.127. The van der Waals surface area contributed by atoms with Crippen molar-refractivity contribution in [3.05, 3.63) is 36.2 Å². The van der Waals surface area contributed by atoms with E-state index >= 15 is 0 Å². The van der Waals surface area contributed by atoms with Gasteiger partial charge in [-0.25, -0.2) is 0 Å². The normalized spacial score (nSPS) is 34.4. The largest absolute Gasteiger partial charge is 0.326 e. The predicted molar refractivity (Wildman–Crippen MR) is 107 cm³/mol. The highest BCUT2D eigenvalue weighted by Gasteiger charge is 2.62. The molecule has 4 aliphatic rings. The van der Waals surface area contributed by atoms with E-state index in [9.17, 15) is 4.79 Å². The van der Waals surface area contributed by atoms with Gasteiger partial charge < -0.3 is 5.32 Å². The number of nitrogens with zero attached hydrogens (tertiary/aromatic N) is 4. The molecule has 0 saturated heterocycles. The standard InChI is InChI=1S/C22H29N5O/c1-3-15(2)18-4-6-19(7-5-18)25-20(28)21-9-16-8-17(10-21)12-22(11-16,13-21)27-24-14-23-26-27/h4-7,14-17H,3,8-13H2,1-2H3,(H,25,28)/t15-,16+,17+,21?,22?/m1/s1. The predicted octanol–water partition coefficient (Wildman–Crippen LogP) is 4.12. The number of benzene rings is 1. The Morgan fingerprint density at radius 2 is 1.93 bits per heavy atom. The molecule has 6 nitrogen and oxygen atoms in total. The fraction of sp³-hybridized carbons (Fsp3) is 0.636. The first kappa shape index (κ1) is 17.8. The summed E-state index contributed by atoms with van der Waals surface area (Å²) < 4.78 is 0. The molecule has 0 radical (unpaired) electrons. The summed E-state index contributed by atoms with van der Waals surface area (Å²) in [5, 5.41) is 15.8. The maximum absolute atomic E-state index is 13.5. The molecule has 0 aliphatic heterocycles. The van der Waals surface area contributed by atoms with E-state index < -0.39 is 0 Å². The maximum atomic E-state index is 13.5. The third-order valence-corrected chi connectivity index (χ3v) is 7.64. The quantitative estimate of drug-likeness (QED) is 0.848. The van der Waals surface area contributed by atoms with Crippen LogP contribution in [0.1, 0.15) is 70.3 Å². The van der Waals surface area contributed by atoms with Crippen molar-refractivity contribution in [2.45, 2.75) is 70.3 Å². The number of carbonyl (C=O) groups is 1. The molecule has 1 aromatic heterocycles. The van der Waals surface area contributed by atoms with Gasteiger partial charge in [0.25, 0.3) is 0 Å². The monoisotopic (exact) mass is 379 g/mol. The highest BCUT2D eigenvalue weighted by Crippen LogP contribution is 2.64. The van der Waals surface area contributed by atoms with Gasteiger partial charge in [0.05, 0.1) is 11.0 Å². The van der Waals surface area contributed by atoms with Crippen LogP contribution < -0.4 is 5.32 Å². The molecule has 28 heavy (non-hydrogen) atoms. The van der Waals surface area contributed by atoms with Crippen LogP contribution in [0.3, 0.4) is 0 Å². The summed E-state index contributed by atoms with van der Waals surface area (Å²) in [6.45, 7) is 4.44. The van der Waals surface area contributed by atoms with Gasteiger partial charge in [-0.3, -0.25) is 4.79 Å². The van der Waals surface area contributed by atoms with Crippen molar-refractivity contribution in [3.63, 3.8) is 0 Å². The average Bonchev–Trinajstić information content (AvgIpc) is 3.23. The van der Waals surface area contributed by atoms with Gasteiger partial charge >= 0.3 is 0 Å². The van der Waals surface area contributed by atoms with Crippen LogP contribution in [0.15, 0.2) is 30.6 Å². The minimum Gasteiger partial charge on any atom is -0.326 e. The van der Waals surface area contributed by atoms with Crippen LogP contribution in [-0.4, -0.2) is 26.1 Å². The zero-order valence-electron chi connectivity index (χ0n) is 16.8. The second-order valence-electron chi connectivity index (χ2n) is 9.58. The lowest BCUT2D eigenvalue weighted by Crippen LogP contribution is -2.60. The molecule has 0 spiro atoms. The number of aromatic nitrogens is 4. The lowest BCUT2D eigenvalue weighted by molar-refractivity contribution is -0.152. The molecule has 2 aromatic rings. The van der Waals surface area contributed by atoms with Crippen molar-refractivity contribution in [2.75, 3.05) is 5.32 Å². The fourth-order valence-electron chi connectivity index (χ4n) is 6.49. The zero-order chi connectivity index (χ0) is 19.4. The molecule has 4 aliphatic carbocycles.